The van der Waals surface area contributed by atoms with E-state index in [1.54, 1.807) is 78.9 Å². The van der Waals surface area contributed by atoms with Crippen molar-refractivity contribution in [3.63, 3.8) is 0 Å². The summed E-state index contributed by atoms with van der Waals surface area (Å²) in [4.78, 5) is 69.6. The molecule has 11 nitrogen and oxygen atoms in total. The van der Waals surface area contributed by atoms with E-state index in [9.17, 15) is 29.1 Å². The molecule has 0 spiro atoms. The van der Waals surface area contributed by atoms with E-state index >= 15 is 0 Å². The number of ether oxygens (including phenoxy) is 5. The topological polar surface area (TPSA) is 152 Å². The van der Waals surface area contributed by atoms with Crippen molar-refractivity contribution in [3.05, 3.63) is 117 Å². The first-order valence-electron chi connectivity index (χ1n) is 15.7. The van der Waals surface area contributed by atoms with Gasteiger partial charge < -0.3 is 28.8 Å². The number of carbonyl (C=O) groups is 5. The molecule has 6 atom stereocenters. The van der Waals surface area contributed by atoms with Crippen LogP contribution in [0, 0.1) is 23.7 Å². The molecular formula is C38H34Cl2O11. The molecular weight excluding hydrogens is 703 g/mol. The van der Waals surface area contributed by atoms with Gasteiger partial charge in [-0.2, -0.15) is 0 Å². The summed E-state index contributed by atoms with van der Waals surface area (Å²) in [5.41, 5.74) is -1.73. The molecule has 0 saturated heterocycles. The fourth-order valence-corrected chi connectivity index (χ4v) is 7.48. The normalized spacial score (nSPS) is 24.2. The van der Waals surface area contributed by atoms with Gasteiger partial charge in [-0.1, -0.05) is 77.8 Å². The second-order valence-corrected chi connectivity index (χ2v) is 12.9. The van der Waals surface area contributed by atoms with Gasteiger partial charge in [0.15, 0.2) is 0 Å². The highest BCUT2D eigenvalue weighted by Crippen LogP contribution is 2.60. The maximum Gasteiger partial charge on any atom is 0.343 e. The van der Waals surface area contributed by atoms with Crippen LogP contribution in [0.2, 0.25) is 10.0 Å². The van der Waals surface area contributed by atoms with Crippen LogP contribution in [0.15, 0.2) is 90.2 Å². The van der Waals surface area contributed by atoms with Gasteiger partial charge in [-0.3, -0.25) is 14.4 Å². The van der Waals surface area contributed by atoms with Gasteiger partial charge in [0.1, 0.15) is 17.3 Å². The molecule has 1 N–H and O–H groups in total. The first-order valence-corrected chi connectivity index (χ1v) is 16.4. The fraction of sp³-hybridized carbons (Fsp3) is 0.289. The lowest BCUT2D eigenvalue weighted by Gasteiger charge is -2.55. The second-order valence-electron chi connectivity index (χ2n) is 12.0. The zero-order valence-electron chi connectivity index (χ0n) is 28.0. The van der Waals surface area contributed by atoms with Crippen LogP contribution < -0.4 is 0 Å². The van der Waals surface area contributed by atoms with E-state index in [2.05, 4.69) is 0 Å². The van der Waals surface area contributed by atoms with Gasteiger partial charge in [-0.15, -0.1) is 0 Å². The molecule has 1 saturated carbocycles. The third-order valence-electron chi connectivity index (χ3n) is 9.41. The Bertz CT molecular complexity index is 1890. The molecule has 0 aliphatic heterocycles. The molecule has 3 aromatic rings. The van der Waals surface area contributed by atoms with Crippen molar-refractivity contribution >= 4 is 64.7 Å². The highest BCUT2D eigenvalue weighted by atomic mass is 35.5. The molecule has 0 amide bonds. The zero-order valence-corrected chi connectivity index (χ0v) is 29.5. The van der Waals surface area contributed by atoms with Gasteiger partial charge in [-0.25, -0.2) is 9.59 Å². The summed E-state index contributed by atoms with van der Waals surface area (Å²) in [7, 11) is 4.24. The minimum absolute atomic E-state index is 0.0479. The molecule has 266 valence electrons. The number of carbonyl (C=O) groups excluding carboxylic acids is 5. The monoisotopic (exact) mass is 736 g/mol. The number of methoxy groups -OCH3 is 4. The third-order valence-corrected chi connectivity index (χ3v) is 9.91. The van der Waals surface area contributed by atoms with Gasteiger partial charge in [-0.05, 0) is 53.5 Å². The molecule has 13 heteroatoms. The average molecular weight is 738 g/mol. The third kappa shape index (κ3) is 7.01. The quantitative estimate of drug-likeness (QED) is 0.130. The SMILES string of the molecule is COC(=O)C1=C(OC(=O)C(=Cc2ccc(Cl)cc2)c2ccc(Cl)cc2)C(C(=O)OC)[C@]2(O)[C@@H](C(=O)OC)[C@H]1C[C@@H](c1ccccc1)[C@@H]2C(=O)OC. The number of aliphatic hydroxyl groups is 1. The van der Waals surface area contributed by atoms with Crippen molar-refractivity contribution in [2.75, 3.05) is 28.4 Å². The van der Waals surface area contributed by atoms with Crippen molar-refractivity contribution in [1.29, 1.82) is 0 Å². The predicted molar refractivity (Wildman–Crippen MR) is 185 cm³/mol. The summed E-state index contributed by atoms with van der Waals surface area (Å²) < 4.78 is 26.6. The molecule has 1 fully saturated rings. The van der Waals surface area contributed by atoms with E-state index in [4.69, 9.17) is 46.9 Å². The molecule has 51 heavy (non-hydrogen) atoms. The standard InChI is InChI=1S/C38H34Cl2O11/c1-47-34(42)28-27-19-25(21-8-6-5-7-9-21)29(35(43)48-2)38(46,30(27)36(44)49-3)31(37(45)50-4)32(28)51-33(41)26(22-12-16-24(40)17-13-22)18-20-10-14-23(39)15-11-20/h5-18,25,27,29-31,46H,19H2,1-4H3/t25-,27-,29+,30+,31?,38+/m0/s1. The van der Waals surface area contributed by atoms with Gasteiger partial charge in [0.25, 0.3) is 0 Å². The largest absolute Gasteiger partial charge is 0.469 e. The van der Waals surface area contributed by atoms with Crippen LogP contribution in [-0.2, 0) is 47.7 Å². The number of hydrogen-bond acceptors (Lipinski definition) is 11. The van der Waals surface area contributed by atoms with Crippen molar-refractivity contribution < 1.29 is 52.8 Å². The van der Waals surface area contributed by atoms with Crippen molar-refractivity contribution in [1.82, 2.24) is 0 Å². The molecule has 0 radical (unpaired) electrons. The molecule has 1 unspecified atom stereocenters. The summed E-state index contributed by atoms with van der Waals surface area (Å²) in [6.07, 6.45) is 1.36. The maximum absolute atomic E-state index is 14.4. The Kier molecular flexibility index (Phi) is 11.3. The first kappa shape index (κ1) is 37.3. The Balaban J connectivity index is 1.80. The molecule has 3 aromatic carbocycles. The number of hydrogen-bond donors (Lipinski definition) is 1. The van der Waals surface area contributed by atoms with Crippen molar-refractivity contribution in [2.24, 2.45) is 23.7 Å². The number of halogens is 2. The Morgan fingerprint density at radius 1 is 0.706 bits per heavy atom. The van der Waals surface area contributed by atoms with Gasteiger partial charge in [0.05, 0.1) is 51.4 Å². The maximum atomic E-state index is 14.4. The predicted octanol–water partition coefficient (Wildman–Crippen LogP) is 5.42. The molecule has 2 aliphatic carbocycles. The Morgan fingerprint density at radius 3 is 1.76 bits per heavy atom. The van der Waals surface area contributed by atoms with E-state index in [0.717, 1.165) is 28.4 Å². The summed E-state index contributed by atoms with van der Waals surface area (Å²) in [6.45, 7) is 0. The van der Waals surface area contributed by atoms with E-state index in [1.165, 1.54) is 6.08 Å². The van der Waals surface area contributed by atoms with E-state index in [-0.39, 0.29) is 17.6 Å². The lowest BCUT2D eigenvalue weighted by molar-refractivity contribution is -0.208. The number of esters is 5. The molecule has 0 aromatic heterocycles. The lowest BCUT2D eigenvalue weighted by atomic mass is 9.49. The van der Waals surface area contributed by atoms with Crippen molar-refractivity contribution in [2.45, 2.75) is 17.9 Å². The van der Waals surface area contributed by atoms with Crippen molar-refractivity contribution in [3.8, 4) is 0 Å². The summed E-state index contributed by atoms with van der Waals surface area (Å²) >= 11 is 12.2. The van der Waals surface area contributed by atoms with Crippen LogP contribution in [0.25, 0.3) is 11.6 Å². The zero-order chi connectivity index (χ0) is 37.0. The lowest BCUT2D eigenvalue weighted by Crippen LogP contribution is -2.68. The molecule has 5 rings (SSSR count). The second kappa shape index (κ2) is 15.5. The van der Waals surface area contributed by atoms with Crippen LogP contribution in [0.1, 0.15) is 29.0 Å². The smallest absolute Gasteiger partial charge is 0.343 e. The Morgan fingerprint density at radius 2 is 1.24 bits per heavy atom. The first-order chi connectivity index (χ1) is 24.4. The van der Waals surface area contributed by atoms with Crippen LogP contribution in [-0.4, -0.2) is 69.0 Å². The summed E-state index contributed by atoms with van der Waals surface area (Å²) in [5, 5.41) is 13.8. The minimum Gasteiger partial charge on any atom is -0.469 e. The van der Waals surface area contributed by atoms with Gasteiger partial charge in [0.2, 0.25) is 0 Å². The Labute approximate surface area is 303 Å². The minimum atomic E-state index is -2.72. The summed E-state index contributed by atoms with van der Waals surface area (Å²) in [5.74, 6) is -13.6. The van der Waals surface area contributed by atoms with Gasteiger partial charge >= 0.3 is 29.8 Å². The average Bonchev–Trinajstić information content (AvgIpc) is 3.13. The van der Waals surface area contributed by atoms with Gasteiger partial charge in [0, 0.05) is 21.9 Å². The van der Waals surface area contributed by atoms with E-state index in [1.807, 2.05) is 0 Å². The van der Waals surface area contributed by atoms with E-state index in [0.29, 0.717) is 26.7 Å². The summed E-state index contributed by atoms with van der Waals surface area (Å²) in [6, 6.07) is 21.3. The van der Waals surface area contributed by atoms with Crippen LogP contribution in [0.5, 0.6) is 0 Å². The van der Waals surface area contributed by atoms with Crippen LogP contribution in [0.4, 0.5) is 0 Å². The van der Waals surface area contributed by atoms with E-state index < -0.39 is 70.8 Å². The fourth-order valence-electron chi connectivity index (χ4n) is 7.22. The van der Waals surface area contributed by atoms with Crippen LogP contribution >= 0.6 is 23.2 Å². The molecule has 2 aliphatic rings. The van der Waals surface area contributed by atoms with Crippen LogP contribution in [0.3, 0.4) is 0 Å². The number of benzene rings is 3. The molecule has 2 bridgehead atoms. The molecule has 0 heterocycles. The highest BCUT2D eigenvalue weighted by Gasteiger charge is 2.71. The Hall–Kier alpha value is -4.97. The number of fused-ring (bicyclic) bond motifs is 2. The number of rotatable bonds is 9. The highest BCUT2D eigenvalue weighted by molar-refractivity contribution is 6.31.